The fraction of sp³-hybridized carbons (Fsp3) is 0.273. The van der Waals surface area contributed by atoms with Crippen molar-refractivity contribution in [1.29, 1.82) is 0 Å². The maximum absolute atomic E-state index is 12.7. The van der Waals surface area contributed by atoms with Gasteiger partial charge in [0.2, 0.25) is 5.43 Å². The molecule has 0 bridgehead atoms. The predicted molar refractivity (Wildman–Crippen MR) is 111 cm³/mol. The van der Waals surface area contributed by atoms with Crippen molar-refractivity contribution >= 4 is 28.5 Å². The molecule has 148 valence electrons. The molecular weight excluding hydrogens is 392 g/mol. The monoisotopic (exact) mass is 410 g/mol. The van der Waals surface area contributed by atoms with Gasteiger partial charge in [0.05, 0.1) is 16.9 Å². The minimum Gasteiger partial charge on any atom is -0.489 e. The van der Waals surface area contributed by atoms with Crippen molar-refractivity contribution in [3.8, 4) is 16.9 Å². The summed E-state index contributed by atoms with van der Waals surface area (Å²) in [5.41, 5.74) is 4.01. The van der Waals surface area contributed by atoms with Gasteiger partial charge in [-0.25, -0.2) is 4.79 Å². The molecule has 0 saturated carbocycles. The highest BCUT2D eigenvalue weighted by atomic mass is 35.5. The number of carboxylic acid groups (broad SMARTS) is 1. The molecule has 0 saturated heterocycles. The average molecular weight is 411 g/mol. The zero-order valence-electron chi connectivity index (χ0n) is 16.0. The lowest BCUT2D eigenvalue weighted by Gasteiger charge is -2.28. The van der Waals surface area contributed by atoms with Crippen molar-refractivity contribution in [3.63, 3.8) is 0 Å². The van der Waals surface area contributed by atoms with Crippen LogP contribution < -0.4 is 10.2 Å². The first kappa shape index (κ1) is 18.2. The van der Waals surface area contributed by atoms with Gasteiger partial charge in [0.1, 0.15) is 12.2 Å². The number of ether oxygens (including phenoxy) is 1. The van der Waals surface area contributed by atoms with E-state index in [1.807, 2.05) is 23.6 Å². The molecule has 6 nitrogen and oxygen atoms in total. The lowest BCUT2D eigenvalue weighted by Crippen LogP contribution is -2.26. The van der Waals surface area contributed by atoms with Gasteiger partial charge in [0, 0.05) is 29.9 Å². The van der Waals surface area contributed by atoms with Crippen molar-refractivity contribution in [3.05, 3.63) is 62.4 Å². The van der Waals surface area contributed by atoms with E-state index in [1.54, 1.807) is 6.07 Å². The molecule has 2 aliphatic rings. The van der Waals surface area contributed by atoms with Gasteiger partial charge in [-0.3, -0.25) is 9.69 Å². The molecule has 0 fully saturated rings. The Morgan fingerprint density at radius 2 is 2.07 bits per heavy atom. The Morgan fingerprint density at radius 3 is 2.83 bits per heavy atom. The molecule has 3 aromatic rings. The fourth-order valence-corrected chi connectivity index (χ4v) is 4.66. The van der Waals surface area contributed by atoms with Gasteiger partial charge in [-0.2, -0.15) is 0 Å². The van der Waals surface area contributed by atoms with Crippen LogP contribution in [0, 0.1) is 0 Å². The van der Waals surface area contributed by atoms with Crippen molar-refractivity contribution in [2.75, 3.05) is 13.7 Å². The maximum Gasteiger partial charge on any atom is 0.341 e. The van der Waals surface area contributed by atoms with Crippen LogP contribution in [0.4, 0.5) is 0 Å². The van der Waals surface area contributed by atoms with Gasteiger partial charge in [-0.05, 0) is 54.9 Å². The predicted octanol–water partition coefficient (Wildman–Crippen LogP) is 3.92. The second-order valence-corrected chi connectivity index (χ2v) is 8.26. The van der Waals surface area contributed by atoms with Crippen LogP contribution in [0.5, 0.6) is 5.75 Å². The van der Waals surface area contributed by atoms with E-state index in [0.717, 1.165) is 34.8 Å². The van der Waals surface area contributed by atoms with E-state index >= 15 is 0 Å². The summed E-state index contributed by atoms with van der Waals surface area (Å²) < 4.78 is 7.91. The van der Waals surface area contributed by atoms with Gasteiger partial charge in [0.15, 0.2) is 5.75 Å². The van der Waals surface area contributed by atoms with Gasteiger partial charge in [-0.15, -0.1) is 0 Å². The number of pyridine rings is 1. The van der Waals surface area contributed by atoms with Crippen LogP contribution in [0.15, 0.2) is 35.3 Å². The van der Waals surface area contributed by atoms with E-state index in [4.69, 9.17) is 16.3 Å². The fourth-order valence-electron chi connectivity index (χ4n) is 4.36. The summed E-state index contributed by atoms with van der Waals surface area (Å²) in [6.45, 7) is 3.98. The highest BCUT2D eigenvalue weighted by Crippen LogP contribution is 2.42. The molecule has 7 heteroatoms. The molecule has 1 atom stereocenters. The van der Waals surface area contributed by atoms with Crippen LogP contribution in [-0.4, -0.2) is 34.2 Å². The van der Waals surface area contributed by atoms with Crippen LogP contribution in [0.1, 0.15) is 34.5 Å². The lowest BCUT2D eigenvalue weighted by molar-refractivity contribution is 0.0694. The van der Waals surface area contributed by atoms with Crippen LogP contribution in [-0.2, 0) is 13.1 Å². The summed E-state index contributed by atoms with van der Waals surface area (Å²) in [5, 5.41) is 10.5. The van der Waals surface area contributed by atoms with Gasteiger partial charge >= 0.3 is 5.97 Å². The standard InChI is InChI=1S/C22H19ClN2O4/c1-11-10-29-21-14(12-5-13-7-24(2)8-16(13)18(23)6-12)3-4-15-19(21)25(11)9-17(20(15)26)22(27)28/h3-6,9,11H,7-8,10H2,1-2H3,(H,27,28). The zero-order valence-corrected chi connectivity index (χ0v) is 16.8. The van der Waals surface area contributed by atoms with Crippen molar-refractivity contribution in [2.45, 2.75) is 26.1 Å². The Kier molecular flexibility index (Phi) is 3.98. The smallest absolute Gasteiger partial charge is 0.341 e. The Morgan fingerprint density at radius 1 is 1.28 bits per heavy atom. The number of carboxylic acids is 1. The molecular formula is C22H19ClN2O4. The quantitative estimate of drug-likeness (QED) is 0.693. The summed E-state index contributed by atoms with van der Waals surface area (Å²) in [6, 6.07) is 7.48. The summed E-state index contributed by atoms with van der Waals surface area (Å²) in [4.78, 5) is 26.5. The van der Waals surface area contributed by atoms with Gasteiger partial charge in [0.25, 0.3) is 0 Å². The van der Waals surface area contributed by atoms with E-state index in [-0.39, 0.29) is 11.6 Å². The van der Waals surface area contributed by atoms with Crippen molar-refractivity contribution < 1.29 is 14.6 Å². The number of aromatic nitrogens is 1. The number of rotatable bonds is 2. The lowest BCUT2D eigenvalue weighted by atomic mass is 9.97. The third kappa shape index (κ3) is 2.67. The molecule has 2 aromatic carbocycles. The third-order valence-electron chi connectivity index (χ3n) is 5.79. The Balaban J connectivity index is 1.80. The van der Waals surface area contributed by atoms with E-state index in [9.17, 15) is 14.7 Å². The molecule has 3 heterocycles. The molecule has 5 rings (SSSR count). The number of halogens is 1. The Labute approximate surface area is 171 Å². The number of fused-ring (bicyclic) bond motifs is 1. The minimum absolute atomic E-state index is 0.0868. The van der Waals surface area contributed by atoms with E-state index in [0.29, 0.717) is 23.3 Å². The molecule has 2 aliphatic heterocycles. The van der Waals surface area contributed by atoms with Crippen LogP contribution in [0.2, 0.25) is 5.02 Å². The summed E-state index contributed by atoms with van der Waals surface area (Å²) in [7, 11) is 2.05. The molecule has 1 aromatic heterocycles. The Bertz CT molecular complexity index is 1260. The molecule has 29 heavy (non-hydrogen) atoms. The number of nitrogens with zero attached hydrogens (tertiary/aromatic N) is 2. The summed E-state index contributed by atoms with van der Waals surface area (Å²) >= 11 is 6.57. The normalized spacial score (nSPS) is 18.0. The average Bonchev–Trinajstić information content (AvgIpc) is 3.06. The highest BCUT2D eigenvalue weighted by molar-refractivity contribution is 6.31. The first-order valence-electron chi connectivity index (χ1n) is 9.43. The number of hydrogen-bond acceptors (Lipinski definition) is 4. The molecule has 0 radical (unpaired) electrons. The SMILES string of the molecule is CC1COc2c(-c3cc(Cl)c4c(c3)CN(C)C4)ccc3c(=O)c(C(=O)O)cn1c23. The topological polar surface area (TPSA) is 71.8 Å². The molecule has 1 N–H and O–H groups in total. The van der Waals surface area contributed by atoms with Crippen LogP contribution in [0.25, 0.3) is 22.0 Å². The molecule has 0 aliphatic carbocycles. The molecule has 0 amide bonds. The summed E-state index contributed by atoms with van der Waals surface area (Å²) in [5.74, 6) is -0.628. The zero-order chi connectivity index (χ0) is 20.4. The second kappa shape index (κ2) is 6.34. The highest BCUT2D eigenvalue weighted by Gasteiger charge is 2.27. The summed E-state index contributed by atoms with van der Waals surface area (Å²) in [6.07, 6.45) is 1.43. The van der Waals surface area contributed by atoms with E-state index in [1.165, 1.54) is 11.8 Å². The maximum atomic E-state index is 12.7. The number of hydrogen-bond donors (Lipinski definition) is 1. The number of carbonyl (C=O) groups is 1. The van der Waals surface area contributed by atoms with Crippen molar-refractivity contribution in [2.24, 2.45) is 0 Å². The van der Waals surface area contributed by atoms with E-state index < -0.39 is 11.4 Å². The van der Waals surface area contributed by atoms with Gasteiger partial charge in [-0.1, -0.05) is 11.6 Å². The third-order valence-corrected chi connectivity index (χ3v) is 6.13. The van der Waals surface area contributed by atoms with Crippen molar-refractivity contribution in [1.82, 2.24) is 9.47 Å². The van der Waals surface area contributed by atoms with Crippen LogP contribution >= 0.6 is 11.6 Å². The number of benzene rings is 2. The van der Waals surface area contributed by atoms with E-state index in [2.05, 4.69) is 18.0 Å². The second-order valence-electron chi connectivity index (χ2n) is 7.85. The minimum atomic E-state index is -1.22. The first-order chi connectivity index (χ1) is 13.8. The number of aromatic carboxylic acids is 1. The van der Waals surface area contributed by atoms with Gasteiger partial charge < -0.3 is 14.4 Å². The molecule has 1 unspecified atom stereocenters. The Hall–Kier alpha value is -2.83. The van der Waals surface area contributed by atoms with Crippen LogP contribution in [0.3, 0.4) is 0 Å². The largest absolute Gasteiger partial charge is 0.489 e. The first-order valence-corrected chi connectivity index (χ1v) is 9.81. The molecule has 0 spiro atoms.